The first-order chi connectivity index (χ1) is 11.8. The van der Waals surface area contributed by atoms with Crippen molar-refractivity contribution in [1.29, 1.82) is 0 Å². The summed E-state index contributed by atoms with van der Waals surface area (Å²) in [7, 11) is 0. The lowest BCUT2D eigenvalue weighted by Gasteiger charge is -2.14. The molecule has 1 aliphatic heterocycles. The van der Waals surface area contributed by atoms with E-state index in [1.54, 1.807) is 6.92 Å². The molecule has 9 heteroatoms. The van der Waals surface area contributed by atoms with Gasteiger partial charge in [0.1, 0.15) is 11.6 Å². The Morgan fingerprint density at radius 2 is 2.04 bits per heavy atom. The molecule has 2 amide bonds. The van der Waals surface area contributed by atoms with Gasteiger partial charge in [-0.15, -0.1) is 0 Å². The van der Waals surface area contributed by atoms with Gasteiger partial charge in [-0.25, -0.2) is 13.2 Å². The highest BCUT2D eigenvalue weighted by Crippen LogP contribution is 2.22. The van der Waals surface area contributed by atoms with Gasteiger partial charge < -0.3 is 15.2 Å². The molecular weight excluding hydrogens is 339 g/mol. The summed E-state index contributed by atoms with van der Waals surface area (Å²) in [5.41, 5.74) is -1.73. The molecule has 0 aliphatic carbocycles. The number of hydrogen-bond donors (Lipinski definition) is 2. The quantitative estimate of drug-likeness (QED) is 0.810. The van der Waals surface area contributed by atoms with E-state index in [2.05, 4.69) is 10.6 Å². The molecule has 0 radical (unpaired) electrons. The number of benzene rings is 1. The highest BCUT2D eigenvalue weighted by Gasteiger charge is 2.28. The predicted molar refractivity (Wildman–Crippen MR) is 82.6 cm³/mol. The summed E-state index contributed by atoms with van der Waals surface area (Å²) < 4.78 is 42.2. The van der Waals surface area contributed by atoms with Gasteiger partial charge in [-0.3, -0.25) is 14.4 Å². The second-order valence-electron chi connectivity index (χ2n) is 5.65. The van der Waals surface area contributed by atoms with E-state index in [-0.39, 0.29) is 18.0 Å². The van der Waals surface area contributed by atoms with Crippen LogP contribution in [0.4, 0.5) is 13.2 Å². The number of nitrogens with zero attached hydrogens (tertiary/aromatic N) is 1. The molecule has 0 spiro atoms. The molecule has 2 heterocycles. The fraction of sp³-hybridized carbons (Fsp3) is 0.312. The number of aryl methyl sites for hydroxylation is 1. The van der Waals surface area contributed by atoms with E-state index in [0.717, 1.165) is 10.8 Å². The lowest BCUT2D eigenvalue weighted by molar-refractivity contribution is -0.120. The third kappa shape index (κ3) is 2.75. The Balaban J connectivity index is 2.15. The summed E-state index contributed by atoms with van der Waals surface area (Å²) in [5.74, 6) is -5.90. The molecule has 1 atom stereocenters. The number of rotatable bonds is 3. The number of nitrogens with one attached hydrogen (secondary N) is 2. The summed E-state index contributed by atoms with van der Waals surface area (Å²) in [6.07, 6.45) is 1.45. The Kier molecular flexibility index (Phi) is 4.23. The summed E-state index contributed by atoms with van der Waals surface area (Å²) in [6.45, 7) is 2.11. The minimum atomic E-state index is -1.69. The van der Waals surface area contributed by atoms with E-state index in [1.807, 2.05) is 0 Å². The lowest BCUT2D eigenvalue weighted by atomic mass is 10.1. The van der Waals surface area contributed by atoms with Crippen LogP contribution in [0.1, 0.15) is 23.7 Å². The van der Waals surface area contributed by atoms with Crippen molar-refractivity contribution in [3.05, 3.63) is 45.5 Å². The monoisotopic (exact) mass is 353 g/mol. The number of carbonyl (C=O) groups is 2. The van der Waals surface area contributed by atoms with E-state index < -0.39 is 45.7 Å². The summed E-state index contributed by atoms with van der Waals surface area (Å²) >= 11 is 0. The van der Waals surface area contributed by atoms with Gasteiger partial charge >= 0.3 is 0 Å². The molecule has 1 unspecified atom stereocenters. The Hall–Kier alpha value is -2.84. The number of carbonyl (C=O) groups excluding carboxylic acids is 2. The van der Waals surface area contributed by atoms with Gasteiger partial charge in [0, 0.05) is 19.3 Å². The molecular formula is C16H14F3N3O3. The molecule has 2 aromatic rings. The number of aromatic nitrogens is 1. The molecule has 1 aliphatic rings. The molecule has 1 saturated heterocycles. The van der Waals surface area contributed by atoms with Gasteiger partial charge in [0.25, 0.3) is 5.91 Å². The van der Waals surface area contributed by atoms with Gasteiger partial charge in [-0.05, 0) is 19.4 Å². The van der Waals surface area contributed by atoms with Crippen molar-refractivity contribution in [2.24, 2.45) is 0 Å². The Bertz CT molecular complexity index is 955. The summed E-state index contributed by atoms with van der Waals surface area (Å²) in [5, 5.41) is 4.51. The number of hydrogen-bond acceptors (Lipinski definition) is 3. The van der Waals surface area contributed by atoms with Gasteiger partial charge in [-0.2, -0.15) is 0 Å². The zero-order chi connectivity index (χ0) is 18.3. The maximum Gasteiger partial charge on any atom is 0.257 e. The SMILES string of the molecule is CCn1cc(C(=O)NC2CCNC2=O)c(=O)c2cc(F)c(F)c(F)c21. The maximum atomic E-state index is 14.1. The molecule has 1 fully saturated rings. The van der Waals surface area contributed by atoms with Gasteiger partial charge in [0.15, 0.2) is 17.5 Å². The van der Waals surface area contributed by atoms with Crippen molar-refractivity contribution in [2.75, 3.05) is 6.54 Å². The standard InChI is InChI=1S/C16H14F3N3O3/c1-2-22-6-8(15(24)21-10-3-4-20-16(10)25)14(23)7-5-9(17)11(18)12(19)13(7)22/h5-6,10H,2-4H2,1H3,(H,20,25)(H,21,24). The van der Waals surface area contributed by atoms with E-state index in [0.29, 0.717) is 19.0 Å². The van der Waals surface area contributed by atoms with E-state index in [1.165, 1.54) is 0 Å². The zero-order valence-electron chi connectivity index (χ0n) is 13.2. The average Bonchev–Trinajstić information content (AvgIpc) is 2.98. The molecule has 25 heavy (non-hydrogen) atoms. The average molecular weight is 353 g/mol. The van der Waals surface area contributed by atoms with Crippen LogP contribution in [0.15, 0.2) is 17.1 Å². The highest BCUT2D eigenvalue weighted by molar-refractivity contribution is 6.00. The van der Waals surface area contributed by atoms with Gasteiger partial charge in [-0.1, -0.05) is 0 Å². The Morgan fingerprint density at radius 1 is 1.32 bits per heavy atom. The maximum absolute atomic E-state index is 14.1. The van der Waals surface area contributed by atoms with Crippen LogP contribution in [0, 0.1) is 17.5 Å². The molecule has 6 nitrogen and oxygen atoms in total. The molecule has 0 bridgehead atoms. The van der Waals surface area contributed by atoms with Crippen LogP contribution in [0.3, 0.4) is 0 Å². The first-order valence-electron chi connectivity index (χ1n) is 7.64. The highest BCUT2D eigenvalue weighted by atomic mass is 19.2. The van der Waals surface area contributed by atoms with Crippen molar-refractivity contribution in [1.82, 2.24) is 15.2 Å². The minimum absolute atomic E-state index is 0.114. The molecule has 0 saturated carbocycles. The second kappa shape index (κ2) is 6.23. The first-order valence-corrected chi connectivity index (χ1v) is 7.64. The molecule has 1 aromatic heterocycles. The van der Waals surface area contributed by atoms with Crippen molar-refractivity contribution in [2.45, 2.75) is 25.9 Å². The van der Waals surface area contributed by atoms with Crippen molar-refractivity contribution < 1.29 is 22.8 Å². The van der Waals surface area contributed by atoms with Crippen LogP contribution in [0.25, 0.3) is 10.9 Å². The van der Waals surface area contributed by atoms with Crippen molar-refractivity contribution >= 4 is 22.7 Å². The smallest absolute Gasteiger partial charge is 0.257 e. The Labute approximate surface area is 139 Å². The van der Waals surface area contributed by atoms with E-state index in [9.17, 15) is 27.6 Å². The largest absolute Gasteiger partial charge is 0.354 e. The molecule has 2 N–H and O–H groups in total. The lowest BCUT2D eigenvalue weighted by Crippen LogP contribution is -2.42. The summed E-state index contributed by atoms with van der Waals surface area (Å²) in [4.78, 5) is 36.4. The predicted octanol–water partition coefficient (Wildman–Crippen LogP) is 1.06. The molecule has 3 rings (SSSR count). The minimum Gasteiger partial charge on any atom is -0.354 e. The third-order valence-electron chi connectivity index (χ3n) is 4.14. The first kappa shape index (κ1) is 17.0. The van der Waals surface area contributed by atoms with Crippen molar-refractivity contribution in [3.63, 3.8) is 0 Å². The number of halogens is 3. The molecule has 1 aromatic carbocycles. The van der Waals surface area contributed by atoms with Crippen LogP contribution in [0.2, 0.25) is 0 Å². The number of fused-ring (bicyclic) bond motifs is 1. The molecule has 132 valence electrons. The number of amides is 2. The van der Waals surface area contributed by atoms with Crippen LogP contribution >= 0.6 is 0 Å². The van der Waals surface area contributed by atoms with Crippen LogP contribution in [0.5, 0.6) is 0 Å². The van der Waals surface area contributed by atoms with E-state index >= 15 is 0 Å². The van der Waals surface area contributed by atoms with Gasteiger partial charge in [0.05, 0.1) is 10.9 Å². The number of pyridine rings is 1. The summed E-state index contributed by atoms with van der Waals surface area (Å²) in [6, 6.07) is -0.208. The van der Waals surface area contributed by atoms with Crippen LogP contribution < -0.4 is 16.1 Å². The van der Waals surface area contributed by atoms with Gasteiger partial charge in [0.2, 0.25) is 11.3 Å². The van der Waals surface area contributed by atoms with E-state index in [4.69, 9.17) is 0 Å². The topological polar surface area (TPSA) is 80.2 Å². The fourth-order valence-corrected chi connectivity index (χ4v) is 2.84. The zero-order valence-corrected chi connectivity index (χ0v) is 13.2. The van der Waals surface area contributed by atoms with Crippen molar-refractivity contribution in [3.8, 4) is 0 Å². The van der Waals surface area contributed by atoms with Crippen LogP contribution in [-0.2, 0) is 11.3 Å². The fourth-order valence-electron chi connectivity index (χ4n) is 2.84. The van der Waals surface area contributed by atoms with Crippen LogP contribution in [-0.4, -0.2) is 29.0 Å². The Morgan fingerprint density at radius 3 is 2.64 bits per heavy atom. The normalized spacial score (nSPS) is 17.0. The third-order valence-corrected chi connectivity index (χ3v) is 4.14. The second-order valence-corrected chi connectivity index (χ2v) is 5.65.